The van der Waals surface area contributed by atoms with Gasteiger partial charge in [0.05, 0.1) is 11.7 Å². The maximum absolute atomic E-state index is 13.0. The van der Waals surface area contributed by atoms with Crippen molar-refractivity contribution in [3.05, 3.63) is 33.7 Å². The molecule has 3 aliphatic rings. The molecule has 5 rings (SSSR count). The van der Waals surface area contributed by atoms with Gasteiger partial charge in [-0.25, -0.2) is 15.0 Å². The first kappa shape index (κ1) is 30.5. The van der Waals surface area contributed by atoms with Crippen LogP contribution in [0.3, 0.4) is 0 Å². The summed E-state index contributed by atoms with van der Waals surface area (Å²) in [4.78, 5) is 45.3. The molecule has 2 amide bonds. The number of anilines is 3. The third kappa shape index (κ3) is 6.66. The summed E-state index contributed by atoms with van der Waals surface area (Å²) in [5.41, 5.74) is 12.6. The second kappa shape index (κ2) is 13.2. The molecule has 0 spiro atoms. The Morgan fingerprint density at radius 1 is 0.976 bits per heavy atom. The van der Waals surface area contributed by atoms with Crippen LogP contribution in [0, 0.1) is 0 Å². The van der Waals surface area contributed by atoms with Crippen LogP contribution in [-0.4, -0.2) is 98.6 Å². The number of nitrogen functional groups attached to an aromatic ring is 2. The molecule has 42 heavy (non-hydrogen) atoms. The van der Waals surface area contributed by atoms with Gasteiger partial charge >= 0.3 is 0 Å². The van der Waals surface area contributed by atoms with Crippen LogP contribution in [0.2, 0.25) is 10.3 Å². The lowest BCUT2D eigenvalue weighted by molar-refractivity contribution is 0.0491. The highest BCUT2D eigenvalue weighted by atomic mass is 35.5. The highest BCUT2D eigenvalue weighted by Gasteiger charge is 2.36. The smallest absolute Gasteiger partial charge is 0.274 e. The third-order valence-electron chi connectivity index (χ3n) is 8.75. The van der Waals surface area contributed by atoms with E-state index in [1.165, 1.54) is 0 Å². The molecular formula is C28H39Cl2N9O3. The minimum atomic E-state index is -0.397. The predicted octanol–water partition coefficient (Wildman–Crippen LogP) is 2.58. The minimum Gasteiger partial charge on any atom is -0.393 e. The van der Waals surface area contributed by atoms with Crippen molar-refractivity contribution in [2.45, 2.75) is 76.1 Å². The number of nitrogens with zero attached hydrogens (tertiary/aromatic N) is 6. The molecule has 0 unspecified atom stereocenters. The molecule has 1 atom stereocenters. The first-order valence-corrected chi connectivity index (χ1v) is 15.4. The zero-order chi connectivity index (χ0) is 30.0. The molecule has 4 heterocycles. The topological polar surface area (TPSA) is 167 Å². The summed E-state index contributed by atoms with van der Waals surface area (Å²) in [7, 11) is 0. The van der Waals surface area contributed by atoms with E-state index in [4.69, 9.17) is 34.7 Å². The lowest BCUT2D eigenvalue weighted by Crippen LogP contribution is -2.58. The third-order valence-corrected chi connectivity index (χ3v) is 9.22. The van der Waals surface area contributed by atoms with Crippen LogP contribution in [0.5, 0.6) is 0 Å². The lowest BCUT2D eigenvalue weighted by atomic mass is 9.93. The number of aliphatic hydroxyl groups excluding tert-OH is 1. The van der Waals surface area contributed by atoms with E-state index in [-0.39, 0.29) is 51.7 Å². The minimum absolute atomic E-state index is 0.0259. The summed E-state index contributed by atoms with van der Waals surface area (Å²) in [5.74, 6) is 0.169. The van der Waals surface area contributed by atoms with Gasteiger partial charge < -0.3 is 31.7 Å². The Hall–Kier alpha value is -2.93. The zero-order valence-corrected chi connectivity index (χ0v) is 25.3. The van der Waals surface area contributed by atoms with Crippen LogP contribution in [0.4, 0.5) is 17.5 Å². The number of nitrogens with one attached hydrogen (secondary N) is 1. The van der Waals surface area contributed by atoms with E-state index in [9.17, 15) is 14.7 Å². The van der Waals surface area contributed by atoms with E-state index in [0.717, 1.165) is 25.8 Å². The van der Waals surface area contributed by atoms with Gasteiger partial charge in [0, 0.05) is 50.8 Å². The number of pyridine rings is 1. The normalized spacial score (nSPS) is 24.0. The monoisotopic (exact) mass is 619 g/mol. The molecule has 14 heteroatoms. The van der Waals surface area contributed by atoms with E-state index >= 15 is 0 Å². The zero-order valence-electron chi connectivity index (χ0n) is 23.8. The molecule has 0 bridgehead atoms. The van der Waals surface area contributed by atoms with E-state index in [0.29, 0.717) is 69.3 Å². The van der Waals surface area contributed by atoms with Crippen molar-refractivity contribution >= 4 is 52.5 Å². The molecule has 0 aromatic carbocycles. The molecule has 0 radical (unpaired) electrons. The van der Waals surface area contributed by atoms with Crippen LogP contribution in [-0.2, 0) is 0 Å². The van der Waals surface area contributed by atoms with Crippen molar-refractivity contribution in [3.63, 3.8) is 0 Å². The maximum atomic E-state index is 13.0. The average Bonchev–Trinajstić information content (AvgIpc) is 2.98. The lowest BCUT2D eigenvalue weighted by Gasteiger charge is -2.47. The molecule has 6 N–H and O–H groups in total. The van der Waals surface area contributed by atoms with Gasteiger partial charge in [-0.3, -0.25) is 14.5 Å². The fourth-order valence-electron chi connectivity index (χ4n) is 6.37. The highest BCUT2D eigenvalue weighted by Crippen LogP contribution is 2.30. The largest absolute Gasteiger partial charge is 0.393 e. The van der Waals surface area contributed by atoms with Gasteiger partial charge in [0.2, 0.25) is 0 Å². The standard InChI is InChI=1S/C28H39Cl2N9O3/c1-2-17-15-38(26-23(30)35-22(25(32)36-26)27(41)33-16-3-5-19(40)6-4-16)13-14-39(17)18-9-11-37(12-10-18)28(42)20-7-8-21(29)34-24(20)31/h7-8,16-19,40H,2-6,9-15H2,1H3,(H2,31,34)(H2,32,36)(H,33,41)/t16?,17-,19?/m0/s1. The molecule has 2 aromatic rings. The van der Waals surface area contributed by atoms with Crippen molar-refractivity contribution in [3.8, 4) is 0 Å². The number of rotatable bonds is 6. The van der Waals surface area contributed by atoms with Crippen molar-refractivity contribution in [2.75, 3.05) is 49.1 Å². The molecule has 1 aliphatic carbocycles. The van der Waals surface area contributed by atoms with Gasteiger partial charge in [-0.05, 0) is 57.1 Å². The summed E-state index contributed by atoms with van der Waals surface area (Å²) >= 11 is 12.5. The molecule has 2 aromatic heterocycles. The molecule has 1 saturated carbocycles. The Labute approximate surface area is 255 Å². The summed E-state index contributed by atoms with van der Waals surface area (Å²) in [5, 5.41) is 13.1. The van der Waals surface area contributed by atoms with Crippen molar-refractivity contribution in [2.24, 2.45) is 0 Å². The molecule has 228 valence electrons. The van der Waals surface area contributed by atoms with Gasteiger partial charge in [-0.15, -0.1) is 0 Å². The Balaban J connectivity index is 1.19. The maximum Gasteiger partial charge on any atom is 0.274 e. The number of aliphatic hydroxyl groups is 1. The summed E-state index contributed by atoms with van der Waals surface area (Å²) in [6, 6.07) is 3.79. The van der Waals surface area contributed by atoms with Crippen molar-refractivity contribution in [1.29, 1.82) is 0 Å². The Bertz CT molecular complexity index is 1300. The van der Waals surface area contributed by atoms with Crippen molar-refractivity contribution in [1.82, 2.24) is 30.1 Å². The first-order valence-electron chi connectivity index (χ1n) is 14.7. The number of piperidine rings is 1. The fourth-order valence-corrected chi connectivity index (χ4v) is 6.77. The van der Waals surface area contributed by atoms with Crippen molar-refractivity contribution < 1.29 is 14.7 Å². The van der Waals surface area contributed by atoms with Crippen LogP contribution in [0.15, 0.2) is 12.1 Å². The number of aromatic nitrogens is 3. The second-order valence-corrected chi connectivity index (χ2v) is 12.1. The van der Waals surface area contributed by atoms with E-state index in [2.05, 4.69) is 37.0 Å². The average molecular weight is 621 g/mol. The van der Waals surface area contributed by atoms with Crippen LogP contribution in [0.1, 0.15) is 72.7 Å². The van der Waals surface area contributed by atoms with Crippen LogP contribution >= 0.6 is 23.2 Å². The number of nitrogens with two attached hydrogens (primary N) is 2. The summed E-state index contributed by atoms with van der Waals surface area (Å²) in [6.07, 6.45) is 5.07. The number of piperazine rings is 1. The highest BCUT2D eigenvalue weighted by molar-refractivity contribution is 6.32. The fraction of sp³-hybridized carbons (Fsp3) is 0.607. The number of hydrogen-bond acceptors (Lipinski definition) is 10. The van der Waals surface area contributed by atoms with Gasteiger partial charge in [0.15, 0.2) is 22.5 Å². The number of hydrogen-bond donors (Lipinski definition) is 4. The van der Waals surface area contributed by atoms with E-state index in [1.54, 1.807) is 12.1 Å². The number of halogens is 2. The van der Waals surface area contributed by atoms with Crippen LogP contribution < -0.4 is 21.7 Å². The van der Waals surface area contributed by atoms with E-state index in [1.807, 2.05) is 4.90 Å². The van der Waals surface area contributed by atoms with Gasteiger partial charge in [-0.1, -0.05) is 30.1 Å². The summed E-state index contributed by atoms with van der Waals surface area (Å²) < 4.78 is 0. The Morgan fingerprint density at radius 3 is 2.36 bits per heavy atom. The quantitative estimate of drug-likeness (QED) is 0.353. The Morgan fingerprint density at radius 2 is 1.69 bits per heavy atom. The molecule has 2 saturated heterocycles. The van der Waals surface area contributed by atoms with Gasteiger partial charge in [0.25, 0.3) is 11.8 Å². The van der Waals surface area contributed by atoms with E-state index < -0.39 is 5.91 Å². The SMILES string of the molecule is CC[C@H]1CN(c2nc(N)c(C(=O)NC3CCC(O)CC3)nc2Cl)CCN1C1CCN(C(=O)c2ccc(Cl)nc2N)CC1. The first-order chi connectivity index (χ1) is 20.1. The van der Waals surface area contributed by atoms with Crippen LogP contribution in [0.25, 0.3) is 0 Å². The van der Waals surface area contributed by atoms with Gasteiger partial charge in [0.1, 0.15) is 11.0 Å². The number of likely N-dealkylation sites (tertiary alicyclic amines) is 1. The Kier molecular flexibility index (Phi) is 9.56. The molecule has 12 nitrogen and oxygen atoms in total. The number of carbonyl (C=O) groups excluding carboxylic acids is 2. The summed E-state index contributed by atoms with van der Waals surface area (Å²) in [6.45, 7) is 5.63. The molecule has 3 fully saturated rings. The predicted molar refractivity (Wildman–Crippen MR) is 163 cm³/mol. The number of amides is 2. The van der Waals surface area contributed by atoms with Gasteiger partial charge in [-0.2, -0.15) is 0 Å². The number of carbonyl (C=O) groups is 2. The second-order valence-electron chi connectivity index (χ2n) is 11.4. The molecular weight excluding hydrogens is 581 g/mol. The molecule has 2 aliphatic heterocycles.